The second-order valence-electron chi connectivity index (χ2n) is 3.06. The number of aromatic nitrogens is 1. The Labute approximate surface area is 77.2 Å². The van der Waals surface area contributed by atoms with E-state index in [0.717, 1.165) is 0 Å². The van der Waals surface area contributed by atoms with Gasteiger partial charge in [0.1, 0.15) is 5.69 Å². The third-order valence-corrected chi connectivity index (χ3v) is 1.73. The highest BCUT2D eigenvalue weighted by Crippen LogP contribution is 1.98. The van der Waals surface area contributed by atoms with Crippen LogP contribution in [0.15, 0.2) is 18.3 Å². The Balaban J connectivity index is 2.54. The van der Waals surface area contributed by atoms with Gasteiger partial charge in [-0.25, -0.2) is 0 Å². The van der Waals surface area contributed by atoms with Crippen molar-refractivity contribution in [2.24, 2.45) is 7.05 Å². The Bertz CT molecular complexity index is 292. The molecule has 0 aliphatic heterocycles. The lowest BCUT2D eigenvalue weighted by Gasteiger charge is -2.07. The lowest BCUT2D eigenvalue weighted by Crippen LogP contribution is -2.31. The van der Waals surface area contributed by atoms with E-state index in [9.17, 15) is 4.79 Å². The zero-order chi connectivity index (χ0) is 9.84. The maximum atomic E-state index is 11.4. The Kier molecular flexibility index (Phi) is 3.08. The molecule has 0 saturated carbocycles. The van der Waals surface area contributed by atoms with Gasteiger partial charge < -0.3 is 15.0 Å². The summed E-state index contributed by atoms with van der Waals surface area (Å²) in [5, 5.41) is 11.6. The minimum Gasteiger partial charge on any atom is -0.392 e. The monoisotopic (exact) mass is 182 g/mol. The number of carbonyl (C=O) groups excluding carboxylic acids is 1. The molecule has 0 radical (unpaired) electrons. The van der Waals surface area contributed by atoms with E-state index in [1.54, 1.807) is 36.9 Å². The maximum Gasteiger partial charge on any atom is 0.267 e. The minimum absolute atomic E-state index is 0.159. The molecule has 1 heterocycles. The van der Waals surface area contributed by atoms with Gasteiger partial charge in [-0.15, -0.1) is 0 Å². The van der Waals surface area contributed by atoms with Gasteiger partial charge in [0.05, 0.1) is 6.10 Å². The van der Waals surface area contributed by atoms with Crippen LogP contribution >= 0.6 is 0 Å². The van der Waals surface area contributed by atoms with E-state index in [2.05, 4.69) is 5.32 Å². The Morgan fingerprint density at radius 1 is 1.77 bits per heavy atom. The van der Waals surface area contributed by atoms with Crippen molar-refractivity contribution in [3.05, 3.63) is 24.0 Å². The molecule has 1 aromatic rings. The summed E-state index contributed by atoms with van der Waals surface area (Å²) in [6, 6.07) is 3.54. The molecule has 1 rings (SSSR count). The molecule has 0 aliphatic carbocycles. The number of carbonyl (C=O) groups is 1. The van der Waals surface area contributed by atoms with Crippen LogP contribution in [0.2, 0.25) is 0 Å². The zero-order valence-corrected chi connectivity index (χ0v) is 7.82. The first-order valence-corrected chi connectivity index (χ1v) is 4.19. The summed E-state index contributed by atoms with van der Waals surface area (Å²) in [4.78, 5) is 11.4. The molecule has 0 fully saturated rings. The molecule has 4 nitrogen and oxygen atoms in total. The highest BCUT2D eigenvalue weighted by Gasteiger charge is 2.08. The Morgan fingerprint density at radius 3 is 2.92 bits per heavy atom. The molecule has 1 unspecified atom stereocenters. The van der Waals surface area contributed by atoms with Crippen molar-refractivity contribution < 1.29 is 9.90 Å². The smallest absolute Gasteiger partial charge is 0.267 e. The van der Waals surface area contributed by atoms with Crippen molar-refractivity contribution in [1.82, 2.24) is 9.88 Å². The molecular formula is C9H14N2O2. The molecule has 1 atom stereocenters. The molecule has 13 heavy (non-hydrogen) atoms. The summed E-state index contributed by atoms with van der Waals surface area (Å²) in [6.07, 6.45) is 1.29. The summed E-state index contributed by atoms with van der Waals surface area (Å²) in [5.74, 6) is -0.159. The number of aliphatic hydroxyl groups excluding tert-OH is 1. The van der Waals surface area contributed by atoms with Crippen molar-refractivity contribution in [1.29, 1.82) is 0 Å². The predicted molar refractivity (Wildman–Crippen MR) is 49.4 cm³/mol. The number of hydrogen-bond donors (Lipinski definition) is 2. The third-order valence-electron chi connectivity index (χ3n) is 1.73. The first kappa shape index (κ1) is 9.80. The van der Waals surface area contributed by atoms with E-state index in [4.69, 9.17) is 5.11 Å². The Morgan fingerprint density at radius 2 is 2.46 bits per heavy atom. The van der Waals surface area contributed by atoms with E-state index < -0.39 is 6.10 Å². The fraction of sp³-hybridized carbons (Fsp3) is 0.444. The maximum absolute atomic E-state index is 11.4. The van der Waals surface area contributed by atoms with Gasteiger partial charge in [0.15, 0.2) is 0 Å². The van der Waals surface area contributed by atoms with Crippen molar-refractivity contribution in [3.8, 4) is 0 Å². The predicted octanol–water partition coefficient (Wildman–Crippen LogP) is 0.136. The average molecular weight is 182 g/mol. The molecule has 4 heteroatoms. The normalized spacial score (nSPS) is 12.5. The van der Waals surface area contributed by atoms with Crippen molar-refractivity contribution in [3.63, 3.8) is 0 Å². The summed E-state index contributed by atoms with van der Waals surface area (Å²) in [5.41, 5.74) is 0.598. The van der Waals surface area contributed by atoms with E-state index in [1.165, 1.54) is 0 Å². The first-order chi connectivity index (χ1) is 6.11. The van der Waals surface area contributed by atoms with Crippen LogP contribution < -0.4 is 5.32 Å². The van der Waals surface area contributed by atoms with Crippen LogP contribution in [0.3, 0.4) is 0 Å². The van der Waals surface area contributed by atoms with E-state index in [1.807, 2.05) is 0 Å². The number of hydrogen-bond acceptors (Lipinski definition) is 2. The van der Waals surface area contributed by atoms with Crippen LogP contribution in [0, 0.1) is 0 Å². The van der Waals surface area contributed by atoms with Gasteiger partial charge in [-0.1, -0.05) is 0 Å². The largest absolute Gasteiger partial charge is 0.392 e. The molecule has 0 aromatic carbocycles. The van der Waals surface area contributed by atoms with E-state index in [0.29, 0.717) is 5.69 Å². The second-order valence-corrected chi connectivity index (χ2v) is 3.06. The van der Waals surface area contributed by atoms with Gasteiger partial charge in [0.2, 0.25) is 0 Å². The molecule has 2 N–H and O–H groups in total. The topological polar surface area (TPSA) is 54.3 Å². The van der Waals surface area contributed by atoms with Crippen LogP contribution in [0.4, 0.5) is 0 Å². The number of amides is 1. The van der Waals surface area contributed by atoms with Gasteiger partial charge >= 0.3 is 0 Å². The first-order valence-electron chi connectivity index (χ1n) is 4.19. The number of aryl methyl sites for hydroxylation is 1. The molecule has 0 saturated heterocycles. The molecular weight excluding hydrogens is 168 g/mol. The van der Waals surface area contributed by atoms with Gasteiger partial charge in [-0.2, -0.15) is 0 Å². The summed E-state index contributed by atoms with van der Waals surface area (Å²) < 4.78 is 1.73. The lowest BCUT2D eigenvalue weighted by molar-refractivity contribution is 0.0916. The number of rotatable bonds is 3. The SMILES string of the molecule is CC(O)CNC(=O)c1cccn1C. The zero-order valence-electron chi connectivity index (χ0n) is 7.82. The highest BCUT2D eigenvalue weighted by atomic mass is 16.3. The molecule has 1 aromatic heterocycles. The molecule has 72 valence electrons. The molecule has 0 aliphatic rings. The van der Waals surface area contributed by atoms with Crippen molar-refractivity contribution >= 4 is 5.91 Å². The van der Waals surface area contributed by atoms with Crippen LogP contribution in [0.5, 0.6) is 0 Å². The lowest BCUT2D eigenvalue weighted by atomic mass is 10.3. The van der Waals surface area contributed by atoms with Gasteiger partial charge in [-0.05, 0) is 19.1 Å². The molecule has 0 spiro atoms. The van der Waals surface area contributed by atoms with E-state index in [-0.39, 0.29) is 12.5 Å². The highest BCUT2D eigenvalue weighted by molar-refractivity contribution is 5.92. The van der Waals surface area contributed by atoms with E-state index >= 15 is 0 Å². The van der Waals surface area contributed by atoms with Crippen LogP contribution in [0.25, 0.3) is 0 Å². The summed E-state index contributed by atoms with van der Waals surface area (Å²) in [7, 11) is 1.80. The van der Waals surface area contributed by atoms with Crippen molar-refractivity contribution in [2.45, 2.75) is 13.0 Å². The van der Waals surface area contributed by atoms with Gasteiger partial charge in [0.25, 0.3) is 5.91 Å². The second kappa shape index (κ2) is 4.09. The van der Waals surface area contributed by atoms with Crippen LogP contribution in [-0.2, 0) is 7.05 Å². The quantitative estimate of drug-likeness (QED) is 0.698. The standard InChI is InChI=1S/C9H14N2O2/c1-7(12)6-10-9(13)8-4-3-5-11(8)2/h3-5,7,12H,6H2,1-2H3,(H,10,13). The van der Waals surface area contributed by atoms with Gasteiger partial charge in [-0.3, -0.25) is 4.79 Å². The number of nitrogens with one attached hydrogen (secondary N) is 1. The Hall–Kier alpha value is -1.29. The number of nitrogens with zero attached hydrogens (tertiary/aromatic N) is 1. The fourth-order valence-corrected chi connectivity index (χ4v) is 1.03. The molecule has 0 bridgehead atoms. The fourth-order valence-electron chi connectivity index (χ4n) is 1.03. The molecule has 1 amide bonds. The van der Waals surface area contributed by atoms with Crippen LogP contribution in [-0.4, -0.2) is 28.2 Å². The van der Waals surface area contributed by atoms with Crippen molar-refractivity contribution in [2.75, 3.05) is 6.54 Å². The van der Waals surface area contributed by atoms with Crippen LogP contribution in [0.1, 0.15) is 17.4 Å². The third kappa shape index (κ3) is 2.59. The van der Waals surface area contributed by atoms with Gasteiger partial charge in [0, 0.05) is 19.8 Å². The summed E-state index contributed by atoms with van der Waals surface area (Å²) >= 11 is 0. The summed E-state index contributed by atoms with van der Waals surface area (Å²) in [6.45, 7) is 1.91. The average Bonchev–Trinajstić information content (AvgIpc) is 2.47. The number of aliphatic hydroxyl groups is 1. The minimum atomic E-state index is -0.510.